The van der Waals surface area contributed by atoms with E-state index < -0.39 is 0 Å². The average molecular weight is 302 g/mol. The van der Waals surface area contributed by atoms with Crippen LogP contribution in [0, 0.1) is 11.8 Å². The Morgan fingerprint density at radius 3 is 2.10 bits per heavy atom. The van der Waals surface area contributed by atoms with Gasteiger partial charge in [0.15, 0.2) is 0 Å². The molecule has 0 spiro atoms. The van der Waals surface area contributed by atoms with Crippen molar-refractivity contribution >= 4 is 29.0 Å². The highest BCUT2D eigenvalue weighted by Crippen LogP contribution is 2.38. The number of rotatable bonds is 3. The second-order valence-corrected chi connectivity index (χ2v) is 6.26. The number of hydrogen-bond donors (Lipinski definition) is 1. The summed E-state index contributed by atoms with van der Waals surface area (Å²) in [5, 5.41) is 0. The largest absolute Gasteiger partial charge is 0.389 e. The first-order chi connectivity index (χ1) is 10.1. The topological polar surface area (TPSA) is 63.4 Å². The Kier molecular flexibility index (Phi) is 3.76. The van der Waals surface area contributed by atoms with Crippen molar-refractivity contribution < 1.29 is 9.59 Å². The Bertz CT molecular complexity index is 573. The molecule has 2 N–H and O–H groups in total. The highest BCUT2D eigenvalue weighted by Gasteiger charge is 2.47. The standard InChI is InChI=1S/C16H18N2O2S/c17-14(21)11-7-5-10(6-8-11)9-18-15(19)12-3-1-2-4-13(12)16(18)20/h5-8,12-13H,1-4,9H2,(H2,17,21). The van der Waals surface area contributed by atoms with E-state index >= 15 is 0 Å². The molecule has 2 fully saturated rings. The average Bonchev–Trinajstić information content (AvgIpc) is 2.73. The molecule has 1 aromatic rings. The Balaban J connectivity index is 1.76. The van der Waals surface area contributed by atoms with Gasteiger partial charge in [-0.1, -0.05) is 49.3 Å². The number of thiocarbonyl (C=S) groups is 1. The maximum Gasteiger partial charge on any atom is 0.233 e. The highest BCUT2D eigenvalue weighted by atomic mass is 32.1. The van der Waals surface area contributed by atoms with E-state index in [1.807, 2.05) is 24.3 Å². The molecule has 1 aliphatic carbocycles. The summed E-state index contributed by atoms with van der Waals surface area (Å²) in [7, 11) is 0. The molecule has 2 amide bonds. The monoisotopic (exact) mass is 302 g/mol. The van der Waals surface area contributed by atoms with Crippen molar-refractivity contribution in [3.8, 4) is 0 Å². The van der Waals surface area contributed by atoms with Gasteiger partial charge in [-0.15, -0.1) is 0 Å². The first kappa shape index (κ1) is 14.2. The Morgan fingerprint density at radius 1 is 1.10 bits per heavy atom. The zero-order valence-electron chi connectivity index (χ0n) is 11.7. The molecule has 0 aromatic heterocycles. The van der Waals surface area contributed by atoms with Crippen molar-refractivity contribution in [1.82, 2.24) is 4.90 Å². The van der Waals surface area contributed by atoms with Gasteiger partial charge < -0.3 is 5.73 Å². The summed E-state index contributed by atoms with van der Waals surface area (Å²) in [5.74, 6) is -0.157. The zero-order valence-corrected chi connectivity index (χ0v) is 12.6. The number of imide groups is 1. The lowest BCUT2D eigenvalue weighted by molar-refractivity contribution is -0.140. The van der Waals surface area contributed by atoms with E-state index in [0.29, 0.717) is 11.5 Å². The van der Waals surface area contributed by atoms with Crippen LogP contribution in [-0.2, 0) is 16.1 Å². The molecule has 3 rings (SSSR count). The summed E-state index contributed by atoms with van der Waals surface area (Å²) < 4.78 is 0. The fourth-order valence-electron chi connectivity index (χ4n) is 3.34. The van der Waals surface area contributed by atoms with Crippen LogP contribution in [0.4, 0.5) is 0 Å². The molecular formula is C16H18N2O2S. The van der Waals surface area contributed by atoms with E-state index in [9.17, 15) is 9.59 Å². The molecule has 21 heavy (non-hydrogen) atoms. The lowest BCUT2D eigenvalue weighted by Gasteiger charge is -2.19. The van der Waals surface area contributed by atoms with Gasteiger partial charge in [0.05, 0.1) is 18.4 Å². The summed E-state index contributed by atoms with van der Waals surface area (Å²) in [6.45, 7) is 0.349. The Hall–Kier alpha value is -1.75. The number of likely N-dealkylation sites (tertiary alicyclic amines) is 1. The van der Waals surface area contributed by atoms with Crippen molar-refractivity contribution in [2.75, 3.05) is 0 Å². The van der Waals surface area contributed by atoms with Crippen LogP contribution in [0.2, 0.25) is 0 Å². The van der Waals surface area contributed by atoms with Crippen LogP contribution < -0.4 is 5.73 Å². The third kappa shape index (κ3) is 2.58. The van der Waals surface area contributed by atoms with Crippen LogP contribution in [0.3, 0.4) is 0 Å². The van der Waals surface area contributed by atoms with Gasteiger partial charge in [-0.25, -0.2) is 0 Å². The summed E-state index contributed by atoms with van der Waals surface area (Å²) in [5.41, 5.74) is 7.28. The third-order valence-corrected chi connectivity index (χ3v) is 4.75. The molecular weight excluding hydrogens is 284 g/mol. The maximum atomic E-state index is 12.4. The number of carbonyl (C=O) groups is 2. The second kappa shape index (κ2) is 5.56. The number of carbonyl (C=O) groups excluding carboxylic acids is 2. The SMILES string of the molecule is NC(=S)c1ccc(CN2C(=O)C3CCCCC3C2=O)cc1. The van der Waals surface area contributed by atoms with Crippen LogP contribution >= 0.6 is 12.2 Å². The van der Waals surface area contributed by atoms with Crippen LogP contribution in [-0.4, -0.2) is 21.7 Å². The first-order valence-corrected chi connectivity index (χ1v) is 7.72. The quantitative estimate of drug-likeness (QED) is 0.685. The molecule has 1 saturated heterocycles. The molecule has 0 bridgehead atoms. The van der Waals surface area contributed by atoms with Gasteiger partial charge in [0, 0.05) is 5.56 Å². The van der Waals surface area contributed by atoms with Gasteiger partial charge in [0.25, 0.3) is 0 Å². The van der Waals surface area contributed by atoms with E-state index in [-0.39, 0.29) is 23.7 Å². The molecule has 2 unspecified atom stereocenters. The fourth-order valence-corrected chi connectivity index (χ4v) is 3.48. The van der Waals surface area contributed by atoms with Crippen molar-refractivity contribution in [2.45, 2.75) is 32.2 Å². The summed E-state index contributed by atoms with van der Waals surface area (Å²) in [6.07, 6.45) is 3.81. The predicted molar refractivity (Wildman–Crippen MR) is 83.3 cm³/mol. The normalized spacial score (nSPS) is 25.0. The molecule has 1 aromatic carbocycles. The van der Waals surface area contributed by atoms with E-state index in [1.54, 1.807) is 0 Å². The van der Waals surface area contributed by atoms with Crippen LogP contribution in [0.25, 0.3) is 0 Å². The lowest BCUT2D eigenvalue weighted by atomic mass is 9.81. The Labute approximate surface area is 129 Å². The Morgan fingerprint density at radius 2 is 1.62 bits per heavy atom. The number of hydrogen-bond acceptors (Lipinski definition) is 3. The highest BCUT2D eigenvalue weighted by molar-refractivity contribution is 7.80. The van der Waals surface area contributed by atoms with Crippen molar-refractivity contribution in [3.63, 3.8) is 0 Å². The number of fused-ring (bicyclic) bond motifs is 1. The van der Waals surface area contributed by atoms with Gasteiger partial charge in [-0.05, 0) is 18.4 Å². The fraction of sp³-hybridized carbons (Fsp3) is 0.438. The molecule has 2 aliphatic rings. The van der Waals surface area contributed by atoms with E-state index in [4.69, 9.17) is 18.0 Å². The van der Waals surface area contributed by atoms with Crippen LogP contribution in [0.15, 0.2) is 24.3 Å². The summed E-state index contributed by atoms with van der Waals surface area (Å²) in [6, 6.07) is 7.40. The van der Waals surface area contributed by atoms with Gasteiger partial charge >= 0.3 is 0 Å². The van der Waals surface area contributed by atoms with E-state index in [1.165, 1.54) is 4.90 Å². The predicted octanol–water partition coefficient (Wildman–Crippen LogP) is 2.00. The molecule has 2 atom stereocenters. The van der Waals surface area contributed by atoms with Gasteiger partial charge in [0.2, 0.25) is 11.8 Å². The molecule has 1 saturated carbocycles. The number of amides is 2. The minimum Gasteiger partial charge on any atom is -0.389 e. The molecule has 0 radical (unpaired) electrons. The van der Waals surface area contributed by atoms with E-state index in [2.05, 4.69) is 0 Å². The molecule has 1 aliphatic heterocycles. The third-order valence-electron chi connectivity index (χ3n) is 4.51. The van der Waals surface area contributed by atoms with Crippen LogP contribution in [0.1, 0.15) is 36.8 Å². The van der Waals surface area contributed by atoms with Crippen molar-refractivity contribution in [1.29, 1.82) is 0 Å². The minimum absolute atomic E-state index is 0.00289. The number of nitrogens with two attached hydrogens (primary N) is 1. The summed E-state index contributed by atoms with van der Waals surface area (Å²) >= 11 is 4.91. The number of benzene rings is 1. The maximum absolute atomic E-state index is 12.4. The van der Waals surface area contributed by atoms with Crippen molar-refractivity contribution in [2.24, 2.45) is 17.6 Å². The smallest absolute Gasteiger partial charge is 0.233 e. The number of nitrogens with zero attached hydrogens (tertiary/aromatic N) is 1. The first-order valence-electron chi connectivity index (χ1n) is 7.32. The zero-order chi connectivity index (χ0) is 15.0. The summed E-state index contributed by atoms with van der Waals surface area (Å²) in [4.78, 5) is 26.6. The lowest BCUT2D eigenvalue weighted by Crippen LogP contribution is -2.30. The molecule has 5 heteroatoms. The van der Waals surface area contributed by atoms with Gasteiger partial charge in [-0.2, -0.15) is 0 Å². The van der Waals surface area contributed by atoms with Crippen LogP contribution in [0.5, 0.6) is 0 Å². The van der Waals surface area contributed by atoms with Gasteiger partial charge in [0.1, 0.15) is 4.99 Å². The van der Waals surface area contributed by atoms with E-state index in [0.717, 1.165) is 36.8 Å². The molecule has 110 valence electrons. The molecule has 1 heterocycles. The minimum atomic E-state index is -0.0813. The molecule has 4 nitrogen and oxygen atoms in total. The van der Waals surface area contributed by atoms with Gasteiger partial charge in [-0.3, -0.25) is 14.5 Å². The second-order valence-electron chi connectivity index (χ2n) is 5.82. The van der Waals surface area contributed by atoms with Crippen molar-refractivity contribution in [3.05, 3.63) is 35.4 Å².